The molecule has 8 heteroatoms. The van der Waals surface area contributed by atoms with Crippen LogP contribution in [-0.2, 0) is 16.0 Å². The van der Waals surface area contributed by atoms with Crippen LogP contribution in [0.1, 0.15) is 42.4 Å². The molecule has 0 bridgehead atoms. The number of aliphatic hydroxyl groups is 1. The van der Waals surface area contributed by atoms with Gasteiger partial charge in [-0.25, -0.2) is 4.68 Å². The van der Waals surface area contributed by atoms with Gasteiger partial charge in [-0.2, -0.15) is 0 Å². The smallest absolute Gasteiger partial charge is 0.223 e. The first-order chi connectivity index (χ1) is 15.0. The third kappa shape index (κ3) is 5.03. The predicted molar refractivity (Wildman–Crippen MR) is 117 cm³/mol. The van der Waals surface area contributed by atoms with Crippen molar-refractivity contribution in [3.63, 3.8) is 0 Å². The highest BCUT2D eigenvalue weighted by molar-refractivity contribution is 5.76. The summed E-state index contributed by atoms with van der Waals surface area (Å²) < 4.78 is 7.05. The first kappa shape index (κ1) is 21.7. The summed E-state index contributed by atoms with van der Waals surface area (Å²) >= 11 is 0. The monoisotopic (exact) mass is 425 g/mol. The fourth-order valence-electron chi connectivity index (χ4n) is 3.96. The number of amides is 1. The van der Waals surface area contributed by atoms with Crippen LogP contribution in [0, 0.1) is 6.92 Å². The molecule has 1 atom stereocenters. The van der Waals surface area contributed by atoms with E-state index in [1.54, 1.807) is 4.68 Å². The second kappa shape index (κ2) is 9.72. The largest absolute Gasteiger partial charge is 0.378 e. The Morgan fingerprint density at radius 1 is 1.26 bits per heavy atom. The highest BCUT2D eigenvalue weighted by Crippen LogP contribution is 2.24. The van der Waals surface area contributed by atoms with Crippen LogP contribution in [0.5, 0.6) is 0 Å². The predicted octanol–water partition coefficient (Wildman–Crippen LogP) is 2.01. The number of hydrogen-bond donors (Lipinski definition) is 1. The van der Waals surface area contributed by atoms with Gasteiger partial charge in [-0.3, -0.25) is 9.69 Å². The molecule has 1 aromatic carbocycles. The average Bonchev–Trinajstić information content (AvgIpc) is 3.16. The summed E-state index contributed by atoms with van der Waals surface area (Å²) in [6.45, 7) is 5.29. The molecule has 166 valence electrons. The quantitative estimate of drug-likeness (QED) is 0.515. The molecule has 1 aliphatic carbocycles. The van der Waals surface area contributed by atoms with Crippen molar-refractivity contribution >= 4 is 5.91 Å². The zero-order valence-electron chi connectivity index (χ0n) is 18.3. The number of morpholine rings is 1. The van der Waals surface area contributed by atoms with Crippen molar-refractivity contribution in [3.8, 4) is 5.69 Å². The Morgan fingerprint density at radius 3 is 2.61 bits per heavy atom. The number of aryl methyl sites for hydroxylation is 1. The number of likely N-dealkylation sites (N-methyl/N-ethyl adjacent to an activating group) is 1. The van der Waals surface area contributed by atoms with E-state index in [2.05, 4.69) is 16.4 Å². The summed E-state index contributed by atoms with van der Waals surface area (Å²) in [7, 11) is 1.90. The zero-order chi connectivity index (χ0) is 21.8. The van der Waals surface area contributed by atoms with Crippen molar-refractivity contribution in [2.45, 2.75) is 38.8 Å². The first-order valence-corrected chi connectivity index (χ1v) is 11.0. The second-order valence-corrected chi connectivity index (χ2v) is 8.32. The number of aromatic nitrogens is 3. The number of aliphatic hydroxyl groups excluding tert-OH is 1. The molecule has 1 fully saturated rings. The summed E-state index contributed by atoms with van der Waals surface area (Å²) in [5, 5.41) is 19.2. The lowest BCUT2D eigenvalue weighted by Gasteiger charge is -2.26. The van der Waals surface area contributed by atoms with Crippen molar-refractivity contribution < 1.29 is 14.6 Å². The first-order valence-electron chi connectivity index (χ1n) is 11.0. The van der Waals surface area contributed by atoms with Crippen molar-refractivity contribution in [3.05, 3.63) is 52.9 Å². The molecule has 4 rings (SSSR count). The van der Waals surface area contributed by atoms with Gasteiger partial charge in [0.05, 0.1) is 24.6 Å². The van der Waals surface area contributed by atoms with E-state index in [0.29, 0.717) is 44.8 Å². The molecular weight excluding hydrogens is 394 g/mol. The topological polar surface area (TPSA) is 83.7 Å². The number of nitrogens with zero attached hydrogens (tertiary/aromatic N) is 5. The van der Waals surface area contributed by atoms with Crippen LogP contribution in [0.2, 0.25) is 0 Å². The van der Waals surface area contributed by atoms with Crippen molar-refractivity contribution in [2.75, 3.05) is 39.9 Å². The normalized spacial score (nSPS) is 17.4. The van der Waals surface area contributed by atoms with E-state index in [4.69, 9.17) is 4.74 Å². The van der Waals surface area contributed by atoms with Gasteiger partial charge in [-0.1, -0.05) is 29.0 Å². The molecule has 0 radical (unpaired) electrons. The SMILES string of the molecule is Cc1c(C(O)N(C)CC2=CCC2)nnn1-c1ccc(CCC(=O)N2CCOCC2)cc1. The van der Waals surface area contributed by atoms with E-state index in [9.17, 15) is 9.90 Å². The average molecular weight is 426 g/mol. The highest BCUT2D eigenvalue weighted by atomic mass is 16.5. The van der Waals surface area contributed by atoms with E-state index in [1.807, 2.05) is 48.0 Å². The molecule has 0 spiro atoms. The van der Waals surface area contributed by atoms with E-state index in [0.717, 1.165) is 36.3 Å². The molecule has 1 unspecified atom stereocenters. The maximum atomic E-state index is 12.3. The Bertz CT molecular complexity index is 931. The molecule has 0 saturated carbocycles. The van der Waals surface area contributed by atoms with Crippen molar-refractivity contribution in [1.82, 2.24) is 24.8 Å². The van der Waals surface area contributed by atoms with Gasteiger partial charge >= 0.3 is 0 Å². The lowest BCUT2D eigenvalue weighted by molar-refractivity contribution is -0.135. The molecule has 31 heavy (non-hydrogen) atoms. The Labute approximate surface area is 183 Å². The number of rotatable bonds is 8. The minimum Gasteiger partial charge on any atom is -0.378 e. The molecule has 2 heterocycles. The Morgan fingerprint density at radius 2 is 1.97 bits per heavy atom. The zero-order valence-corrected chi connectivity index (χ0v) is 18.3. The summed E-state index contributed by atoms with van der Waals surface area (Å²) in [5.41, 5.74) is 4.74. The summed E-state index contributed by atoms with van der Waals surface area (Å²) in [6.07, 6.45) is 4.86. The number of hydrogen-bond acceptors (Lipinski definition) is 6. The second-order valence-electron chi connectivity index (χ2n) is 8.32. The van der Waals surface area contributed by atoms with Gasteiger partial charge < -0.3 is 14.7 Å². The molecule has 2 aliphatic rings. The summed E-state index contributed by atoms with van der Waals surface area (Å²) in [5.74, 6) is 0.180. The van der Waals surface area contributed by atoms with E-state index >= 15 is 0 Å². The third-order valence-electron chi connectivity index (χ3n) is 6.12. The Hall–Kier alpha value is -2.55. The van der Waals surface area contributed by atoms with E-state index in [1.165, 1.54) is 5.57 Å². The van der Waals surface area contributed by atoms with Gasteiger partial charge in [0, 0.05) is 26.1 Å². The molecular formula is C23H31N5O3. The third-order valence-corrected chi connectivity index (χ3v) is 6.12. The number of carbonyl (C=O) groups is 1. The minimum atomic E-state index is -0.791. The van der Waals surface area contributed by atoms with Crippen LogP contribution < -0.4 is 0 Å². The maximum Gasteiger partial charge on any atom is 0.223 e. The molecule has 1 aliphatic heterocycles. The number of ether oxygens (including phenoxy) is 1. The summed E-state index contributed by atoms with van der Waals surface area (Å²) in [6, 6.07) is 8.01. The number of benzene rings is 1. The molecule has 1 amide bonds. The number of allylic oxidation sites excluding steroid dienone is 1. The fourth-order valence-corrected chi connectivity index (χ4v) is 3.96. The highest BCUT2D eigenvalue weighted by Gasteiger charge is 2.23. The van der Waals surface area contributed by atoms with Gasteiger partial charge in [-0.15, -0.1) is 5.10 Å². The number of carbonyl (C=O) groups excluding carboxylic acids is 1. The van der Waals surface area contributed by atoms with Crippen LogP contribution in [0.4, 0.5) is 0 Å². The molecule has 1 N–H and O–H groups in total. The standard InChI is InChI=1S/C23H31N5O3/c1-17-22(23(30)26(2)16-19-4-3-5-19)24-25-28(17)20-9-6-18(7-10-20)8-11-21(29)27-12-14-31-15-13-27/h4,6-7,9-10,23,30H,3,5,8,11-16H2,1-2H3. The van der Waals surface area contributed by atoms with E-state index < -0.39 is 6.23 Å². The maximum absolute atomic E-state index is 12.3. The van der Waals surface area contributed by atoms with Crippen molar-refractivity contribution in [1.29, 1.82) is 0 Å². The van der Waals surface area contributed by atoms with Gasteiger partial charge in [0.2, 0.25) is 5.91 Å². The molecule has 1 aromatic heterocycles. The van der Waals surface area contributed by atoms with Gasteiger partial charge in [0.25, 0.3) is 0 Å². The molecule has 8 nitrogen and oxygen atoms in total. The van der Waals surface area contributed by atoms with E-state index in [-0.39, 0.29) is 5.91 Å². The minimum absolute atomic E-state index is 0.180. The van der Waals surface area contributed by atoms with Crippen LogP contribution in [0.15, 0.2) is 35.9 Å². The van der Waals surface area contributed by atoms with Crippen LogP contribution in [0.25, 0.3) is 5.69 Å². The molecule has 1 saturated heterocycles. The lowest BCUT2D eigenvalue weighted by Crippen LogP contribution is -2.40. The van der Waals surface area contributed by atoms with Gasteiger partial charge in [0.1, 0.15) is 5.69 Å². The van der Waals surface area contributed by atoms with Crippen LogP contribution >= 0.6 is 0 Å². The fraction of sp³-hybridized carbons (Fsp3) is 0.522. The summed E-state index contributed by atoms with van der Waals surface area (Å²) in [4.78, 5) is 16.1. The van der Waals surface area contributed by atoms with Gasteiger partial charge in [-0.05, 0) is 50.9 Å². The Kier molecular flexibility index (Phi) is 6.80. The Balaban J connectivity index is 1.37. The van der Waals surface area contributed by atoms with Gasteiger partial charge in [0.15, 0.2) is 6.23 Å². The van der Waals surface area contributed by atoms with Crippen LogP contribution in [0.3, 0.4) is 0 Å². The lowest BCUT2D eigenvalue weighted by atomic mass is 9.98. The van der Waals surface area contributed by atoms with Crippen LogP contribution in [-0.4, -0.2) is 75.7 Å². The van der Waals surface area contributed by atoms with Crippen molar-refractivity contribution in [2.24, 2.45) is 0 Å². The molecule has 2 aromatic rings.